The summed E-state index contributed by atoms with van der Waals surface area (Å²) in [6.07, 6.45) is 10.7. The molecule has 1 aliphatic heterocycles. The standard InChI is InChI=1S/C16H27N3O/c1-12-5-6-14(8-13(12)2)18-15-9-17-19(10-15)11-16-4-3-7-20-16/h9-10,12-14,16,18H,3-8,11H2,1-2H3. The zero-order chi connectivity index (χ0) is 13.9. The highest BCUT2D eigenvalue weighted by atomic mass is 16.5. The van der Waals surface area contributed by atoms with Crippen molar-refractivity contribution in [3.8, 4) is 0 Å². The van der Waals surface area contributed by atoms with E-state index in [2.05, 4.69) is 30.5 Å². The molecule has 0 bridgehead atoms. The van der Waals surface area contributed by atoms with Gasteiger partial charge in [-0.1, -0.05) is 13.8 Å². The van der Waals surface area contributed by atoms with Crippen molar-refractivity contribution in [2.45, 2.75) is 64.6 Å². The molecular weight excluding hydrogens is 250 g/mol. The van der Waals surface area contributed by atoms with E-state index in [0.29, 0.717) is 12.1 Å². The number of rotatable bonds is 4. The van der Waals surface area contributed by atoms with Gasteiger partial charge in [0.15, 0.2) is 0 Å². The summed E-state index contributed by atoms with van der Waals surface area (Å²) < 4.78 is 7.68. The van der Waals surface area contributed by atoms with Gasteiger partial charge in [-0.3, -0.25) is 4.68 Å². The van der Waals surface area contributed by atoms with Crippen molar-refractivity contribution in [2.75, 3.05) is 11.9 Å². The SMILES string of the molecule is CC1CCC(Nc2cnn(CC3CCCO3)c2)CC1C. The van der Waals surface area contributed by atoms with Crippen LogP contribution in [0.5, 0.6) is 0 Å². The van der Waals surface area contributed by atoms with Crippen LogP contribution in [0, 0.1) is 11.8 Å². The number of aromatic nitrogens is 2. The van der Waals surface area contributed by atoms with Crippen LogP contribution in [-0.2, 0) is 11.3 Å². The van der Waals surface area contributed by atoms with Gasteiger partial charge in [0.05, 0.1) is 24.5 Å². The first-order chi connectivity index (χ1) is 9.70. The van der Waals surface area contributed by atoms with Crippen molar-refractivity contribution >= 4 is 5.69 Å². The fourth-order valence-electron chi connectivity index (χ4n) is 3.45. The summed E-state index contributed by atoms with van der Waals surface area (Å²) in [5.41, 5.74) is 1.16. The first-order valence-corrected chi connectivity index (χ1v) is 8.11. The Hall–Kier alpha value is -1.03. The number of hydrogen-bond acceptors (Lipinski definition) is 3. The maximum Gasteiger partial charge on any atom is 0.0771 e. The largest absolute Gasteiger partial charge is 0.380 e. The molecular formula is C16H27N3O. The van der Waals surface area contributed by atoms with Gasteiger partial charge >= 0.3 is 0 Å². The molecule has 4 nitrogen and oxygen atoms in total. The summed E-state index contributed by atoms with van der Waals surface area (Å²) in [4.78, 5) is 0. The Balaban J connectivity index is 1.51. The van der Waals surface area contributed by atoms with E-state index in [1.165, 1.54) is 32.1 Å². The van der Waals surface area contributed by atoms with E-state index >= 15 is 0 Å². The molecule has 0 spiro atoms. The summed E-state index contributed by atoms with van der Waals surface area (Å²) in [6.45, 7) is 6.55. The van der Waals surface area contributed by atoms with Crippen molar-refractivity contribution in [1.29, 1.82) is 0 Å². The van der Waals surface area contributed by atoms with Crippen molar-refractivity contribution in [3.05, 3.63) is 12.4 Å². The van der Waals surface area contributed by atoms with Crippen LogP contribution in [0.2, 0.25) is 0 Å². The van der Waals surface area contributed by atoms with Crippen molar-refractivity contribution < 1.29 is 4.74 Å². The zero-order valence-corrected chi connectivity index (χ0v) is 12.7. The van der Waals surface area contributed by atoms with E-state index in [9.17, 15) is 0 Å². The number of nitrogens with one attached hydrogen (secondary N) is 1. The van der Waals surface area contributed by atoms with Gasteiger partial charge in [0.1, 0.15) is 0 Å². The maximum atomic E-state index is 5.66. The van der Waals surface area contributed by atoms with Gasteiger partial charge in [0.2, 0.25) is 0 Å². The lowest BCUT2D eigenvalue weighted by Crippen LogP contribution is -2.30. The summed E-state index contributed by atoms with van der Waals surface area (Å²) in [5, 5.41) is 8.11. The second-order valence-corrected chi connectivity index (χ2v) is 6.69. The molecule has 3 rings (SSSR count). The Labute approximate surface area is 121 Å². The van der Waals surface area contributed by atoms with Crippen LogP contribution < -0.4 is 5.32 Å². The molecule has 1 aromatic heterocycles. The van der Waals surface area contributed by atoms with E-state index in [1.807, 2.05) is 10.9 Å². The minimum atomic E-state index is 0.360. The number of hydrogen-bond donors (Lipinski definition) is 1. The monoisotopic (exact) mass is 277 g/mol. The highest BCUT2D eigenvalue weighted by Gasteiger charge is 2.24. The Bertz CT molecular complexity index is 425. The molecule has 0 radical (unpaired) electrons. The predicted octanol–water partition coefficient (Wildman–Crippen LogP) is 3.30. The van der Waals surface area contributed by atoms with Crippen LogP contribution in [0.3, 0.4) is 0 Å². The molecule has 0 amide bonds. The summed E-state index contributed by atoms with van der Waals surface area (Å²) in [5.74, 6) is 1.69. The maximum absolute atomic E-state index is 5.66. The molecule has 1 aliphatic carbocycles. The number of anilines is 1. The molecule has 0 aromatic carbocycles. The van der Waals surface area contributed by atoms with E-state index in [4.69, 9.17) is 4.74 Å². The molecule has 112 valence electrons. The topological polar surface area (TPSA) is 39.1 Å². The smallest absolute Gasteiger partial charge is 0.0771 e. The second kappa shape index (κ2) is 6.17. The molecule has 20 heavy (non-hydrogen) atoms. The fourth-order valence-corrected chi connectivity index (χ4v) is 3.45. The average molecular weight is 277 g/mol. The Morgan fingerprint density at radius 2 is 2.20 bits per heavy atom. The number of nitrogens with zero attached hydrogens (tertiary/aromatic N) is 2. The van der Waals surface area contributed by atoms with E-state index in [0.717, 1.165) is 30.7 Å². The van der Waals surface area contributed by atoms with E-state index < -0.39 is 0 Å². The molecule has 1 aromatic rings. The lowest BCUT2D eigenvalue weighted by atomic mass is 9.79. The van der Waals surface area contributed by atoms with Gasteiger partial charge in [-0.25, -0.2) is 0 Å². The van der Waals surface area contributed by atoms with Crippen molar-refractivity contribution in [2.24, 2.45) is 11.8 Å². The Morgan fingerprint density at radius 1 is 1.30 bits per heavy atom. The summed E-state index contributed by atoms with van der Waals surface area (Å²) in [6, 6.07) is 0.613. The fraction of sp³-hybridized carbons (Fsp3) is 0.812. The summed E-state index contributed by atoms with van der Waals surface area (Å²) in [7, 11) is 0. The lowest BCUT2D eigenvalue weighted by Gasteiger charge is -2.32. The normalized spacial score (nSPS) is 34.3. The third-order valence-corrected chi connectivity index (χ3v) is 5.02. The second-order valence-electron chi connectivity index (χ2n) is 6.69. The van der Waals surface area contributed by atoms with Crippen molar-refractivity contribution in [1.82, 2.24) is 9.78 Å². The zero-order valence-electron chi connectivity index (χ0n) is 12.7. The van der Waals surface area contributed by atoms with Gasteiger partial charge in [0, 0.05) is 18.8 Å². The van der Waals surface area contributed by atoms with Gasteiger partial charge in [-0.2, -0.15) is 5.10 Å². The molecule has 1 saturated heterocycles. The molecule has 1 saturated carbocycles. The van der Waals surface area contributed by atoms with Gasteiger partial charge in [-0.15, -0.1) is 0 Å². The third-order valence-electron chi connectivity index (χ3n) is 5.02. The average Bonchev–Trinajstić information content (AvgIpc) is 3.07. The van der Waals surface area contributed by atoms with Crippen LogP contribution in [0.15, 0.2) is 12.4 Å². The van der Waals surface area contributed by atoms with Crippen molar-refractivity contribution in [3.63, 3.8) is 0 Å². The highest BCUT2D eigenvalue weighted by molar-refractivity contribution is 5.39. The lowest BCUT2D eigenvalue weighted by molar-refractivity contribution is 0.0940. The van der Waals surface area contributed by atoms with Gasteiger partial charge < -0.3 is 10.1 Å². The third kappa shape index (κ3) is 3.35. The molecule has 4 atom stereocenters. The number of ether oxygens (including phenoxy) is 1. The molecule has 2 fully saturated rings. The predicted molar refractivity (Wildman–Crippen MR) is 80.8 cm³/mol. The Morgan fingerprint density at radius 3 is 2.95 bits per heavy atom. The molecule has 2 aliphatic rings. The van der Waals surface area contributed by atoms with Crippen LogP contribution in [-0.4, -0.2) is 28.5 Å². The van der Waals surface area contributed by atoms with Gasteiger partial charge in [-0.05, 0) is 43.9 Å². The van der Waals surface area contributed by atoms with Crippen LogP contribution in [0.25, 0.3) is 0 Å². The molecule has 2 heterocycles. The van der Waals surface area contributed by atoms with Gasteiger partial charge in [0.25, 0.3) is 0 Å². The van der Waals surface area contributed by atoms with Crippen LogP contribution in [0.4, 0.5) is 5.69 Å². The Kier molecular flexibility index (Phi) is 4.29. The minimum absolute atomic E-state index is 0.360. The molecule has 4 heteroatoms. The van der Waals surface area contributed by atoms with E-state index in [-0.39, 0.29) is 0 Å². The minimum Gasteiger partial charge on any atom is -0.380 e. The van der Waals surface area contributed by atoms with E-state index in [1.54, 1.807) is 0 Å². The highest BCUT2D eigenvalue weighted by Crippen LogP contribution is 2.31. The van der Waals surface area contributed by atoms with Crippen LogP contribution in [0.1, 0.15) is 46.0 Å². The first kappa shape index (κ1) is 13.9. The molecule has 4 unspecified atom stereocenters. The summed E-state index contributed by atoms with van der Waals surface area (Å²) >= 11 is 0. The molecule has 1 N–H and O–H groups in total. The first-order valence-electron chi connectivity index (χ1n) is 8.11. The quantitative estimate of drug-likeness (QED) is 0.918. The van der Waals surface area contributed by atoms with Crippen LogP contribution >= 0.6 is 0 Å².